The molecule has 4 nitrogen and oxygen atoms in total. The molecule has 0 aromatic heterocycles. The Morgan fingerprint density at radius 3 is 1.69 bits per heavy atom. The van der Waals surface area contributed by atoms with Crippen molar-refractivity contribution in [1.82, 2.24) is 5.32 Å². The molecule has 2 aliphatic carbocycles. The Balaban J connectivity index is 0.000000640. The minimum Gasteiger partial charge on any atom is -0.467 e. The summed E-state index contributed by atoms with van der Waals surface area (Å²) in [7, 11) is 0.437. The minimum absolute atomic E-state index is 0. The summed E-state index contributed by atoms with van der Waals surface area (Å²) in [5.74, 6) is -0.170. The number of esters is 1. The number of carbonyl (C=O) groups is 2. The summed E-state index contributed by atoms with van der Waals surface area (Å²) < 4.78 is 4.86. The van der Waals surface area contributed by atoms with Crippen LogP contribution in [0.3, 0.4) is 0 Å². The van der Waals surface area contributed by atoms with E-state index >= 15 is 0 Å². The predicted octanol–water partition coefficient (Wildman–Crippen LogP) is 4.19. The molecule has 0 spiro atoms. The first kappa shape index (κ1) is 29.6. The van der Waals surface area contributed by atoms with E-state index in [-0.39, 0.29) is 28.9 Å². The van der Waals surface area contributed by atoms with Crippen LogP contribution in [0.2, 0.25) is 0 Å². The molecule has 1 N–H and O–H groups in total. The quantitative estimate of drug-likeness (QED) is 0.334. The fourth-order valence-corrected chi connectivity index (χ4v) is 5.99. The second-order valence-electron chi connectivity index (χ2n) is 8.01. The molecule has 35 heavy (non-hydrogen) atoms. The molecule has 1 atom stereocenters. The van der Waals surface area contributed by atoms with Crippen molar-refractivity contribution in [2.75, 3.05) is 7.11 Å². The number of hydrogen-bond donors (Lipinski definition) is 1. The van der Waals surface area contributed by atoms with Gasteiger partial charge in [0.2, 0.25) is 5.91 Å². The smallest absolute Gasteiger partial charge is 0.467 e. The number of nitrogens with one attached hydrogen (secondary N) is 1. The van der Waals surface area contributed by atoms with Crippen molar-refractivity contribution >= 4 is 30.4 Å². The van der Waals surface area contributed by atoms with E-state index in [1.54, 1.807) is 0 Å². The van der Waals surface area contributed by atoms with Gasteiger partial charge in [-0.05, 0) is 75.8 Å². The molecule has 0 bridgehead atoms. The van der Waals surface area contributed by atoms with Gasteiger partial charge in [0.25, 0.3) is 0 Å². The Morgan fingerprint density at radius 1 is 0.771 bits per heavy atom. The fourth-order valence-electron chi connectivity index (χ4n) is 3.54. The average Bonchev–Trinajstić information content (AvgIpc) is 3.59. The molecule has 0 unspecified atom stereocenters. The average molecular weight is 527 g/mol. The molecule has 1 amide bonds. The molecule has 0 saturated heterocycles. The van der Waals surface area contributed by atoms with Gasteiger partial charge < -0.3 is 10.1 Å². The van der Waals surface area contributed by atoms with Gasteiger partial charge in [0, 0.05) is 5.66 Å². The molecule has 0 aliphatic heterocycles. The number of ether oxygens (including phenoxy) is 1. The van der Waals surface area contributed by atoms with Gasteiger partial charge in [0.15, 0.2) is 0 Å². The van der Waals surface area contributed by atoms with Gasteiger partial charge in [-0.1, -0.05) is 74.5 Å². The molecule has 4 rings (SSSR count). The number of hydrogen-bond acceptors (Lipinski definition) is 3. The fraction of sp³-hybridized carbons (Fsp3) is 0.172. The Kier molecular flexibility index (Phi) is 13.0. The summed E-state index contributed by atoms with van der Waals surface area (Å²) >= 11 is 0. The van der Waals surface area contributed by atoms with Crippen molar-refractivity contribution < 1.29 is 31.4 Å². The summed E-state index contributed by atoms with van der Waals surface area (Å²) in [4.78, 5) is 25.2. The van der Waals surface area contributed by atoms with E-state index in [0.29, 0.717) is 5.92 Å². The van der Waals surface area contributed by atoms with Crippen LogP contribution in [-0.2, 0) is 31.4 Å². The van der Waals surface area contributed by atoms with Gasteiger partial charge in [0.1, 0.15) is 6.04 Å². The molecular weight excluding hydrogens is 497 g/mol. The van der Waals surface area contributed by atoms with Crippen LogP contribution in [0.1, 0.15) is 13.8 Å². The van der Waals surface area contributed by atoms with E-state index in [1.807, 2.05) is 102 Å². The van der Waals surface area contributed by atoms with Crippen LogP contribution in [0.25, 0.3) is 0 Å². The Bertz CT molecular complexity index is 842. The SMILES string of the molecule is COC(=O)[C@@H](NC(=O)[C]1[CH][CH][CH][C]1P(c1ccccc1)c1ccccc1)C(C)C.[CH]1[CH][CH][CH][CH]1.[Fe+2]. The zero-order valence-electron chi connectivity index (χ0n) is 20.1. The Hall–Kier alpha value is -1.67. The molecule has 10 radical (unpaired) electrons. The molecule has 2 saturated carbocycles. The first-order chi connectivity index (χ1) is 16.5. The van der Waals surface area contributed by atoms with Crippen LogP contribution in [0.4, 0.5) is 0 Å². The van der Waals surface area contributed by atoms with Crippen LogP contribution in [0.5, 0.6) is 0 Å². The predicted molar refractivity (Wildman–Crippen MR) is 139 cm³/mol. The Labute approximate surface area is 223 Å². The standard InChI is InChI=1S/C24H25NO3P.C5H5.Fe/c1-17(2)22(24(27)28-3)25-23(26)20-15-10-16-21(20)29(18-11-6-4-7-12-18)19-13-8-5-9-14-19;1-2-4-5-3-1;/h4-17,22H,1-3H3,(H,25,26);1-5H;/q;;+2/t22-;;/m0../s1. The second kappa shape index (κ2) is 15.4. The summed E-state index contributed by atoms with van der Waals surface area (Å²) in [6, 6.07) is 19.7. The van der Waals surface area contributed by atoms with Gasteiger partial charge in [-0.25, -0.2) is 4.79 Å². The normalized spacial score (nSPS) is 16.8. The summed E-state index contributed by atoms with van der Waals surface area (Å²) in [6.45, 7) is 3.77. The number of rotatable bonds is 7. The summed E-state index contributed by atoms with van der Waals surface area (Å²) in [5.41, 5.74) is 0.974. The van der Waals surface area contributed by atoms with Crippen molar-refractivity contribution in [2.45, 2.75) is 19.9 Å². The van der Waals surface area contributed by atoms with Crippen LogP contribution < -0.4 is 15.9 Å². The van der Waals surface area contributed by atoms with Crippen molar-refractivity contribution in [3.8, 4) is 0 Å². The van der Waals surface area contributed by atoms with E-state index in [2.05, 4.69) is 29.6 Å². The first-order valence-corrected chi connectivity index (χ1v) is 12.6. The maximum atomic E-state index is 13.1. The molecule has 0 heterocycles. The number of carbonyl (C=O) groups excluding carboxylic acids is 2. The minimum atomic E-state index is -0.898. The van der Waals surface area contributed by atoms with Crippen molar-refractivity contribution in [3.05, 3.63) is 124 Å². The topological polar surface area (TPSA) is 55.4 Å². The zero-order chi connectivity index (χ0) is 24.3. The van der Waals surface area contributed by atoms with Gasteiger partial charge >= 0.3 is 23.0 Å². The first-order valence-electron chi connectivity index (χ1n) is 11.2. The summed E-state index contributed by atoms with van der Waals surface area (Å²) in [5, 5.41) is 5.20. The van der Waals surface area contributed by atoms with E-state index < -0.39 is 19.9 Å². The van der Waals surface area contributed by atoms with Crippen molar-refractivity contribution in [3.63, 3.8) is 0 Å². The third kappa shape index (κ3) is 8.45. The van der Waals surface area contributed by atoms with Gasteiger partial charge in [-0.15, -0.1) is 0 Å². The molecule has 2 aromatic rings. The summed E-state index contributed by atoms with van der Waals surface area (Å²) in [6.07, 6.45) is 15.7. The van der Waals surface area contributed by atoms with Crippen LogP contribution in [0, 0.1) is 68.9 Å². The maximum Gasteiger partial charge on any atom is 2.00 e. The monoisotopic (exact) mass is 527 g/mol. The zero-order valence-corrected chi connectivity index (χ0v) is 22.1. The maximum absolute atomic E-state index is 13.1. The van der Waals surface area contributed by atoms with E-state index in [9.17, 15) is 9.59 Å². The molecule has 2 aromatic carbocycles. The van der Waals surface area contributed by atoms with Gasteiger partial charge in [-0.3, -0.25) is 4.79 Å². The molecule has 2 fully saturated rings. The van der Waals surface area contributed by atoms with Crippen LogP contribution in [-0.4, -0.2) is 25.0 Å². The number of methoxy groups -OCH3 is 1. The van der Waals surface area contributed by atoms with Crippen LogP contribution >= 0.6 is 7.92 Å². The third-order valence-electron chi connectivity index (χ3n) is 5.27. The number of benzene rings is 2. The molecule has 6 heteroatoms. The van der Waals surface area contributed by atoms with Gasteiger partial charge in [0.05, 0.1) is 13.0 Å². The molecular formula is C29H30FeNO3P+2. The van der Waals surface area contributed by atoms with Crippen molar-refractivity contribution in [2.24, 2.45) is 5.92 Å². The van der Waals surface area contributed by atoms with E-state index in [1.165, 1.54) is 17.7 Å². The number of amides is 1. The van der Waals surface area contributed by atoms with Gasteiger partial charge in [-0.2, -0.15) is 0 Å². The third-order valence-corrected chi connectivity index (χ3v) is 7.77. The molecule has 2 aliphatic rings. The van der Waals surface area contributed by atoms with E-state index in [0.717, 1.165) is 5.66 Å². The molecule has 180 valence electrons. The van der Waals surface area contributed by atoms with Crippen LogP contribution in [0.15, 0.2) is 60.7 Å². The van der Waals surface area contributed by atoms with Crippen molar-refractivity contribution in [1.29, 1.82) is 0 Å². The largest absolute Gasteiger partial charge is 2.00 e. The Morgan fingerprint density at radius 2 is 1.26 bits per heavy atom. The van der Waals surface area contributed by atoms with E-state index in [4.69, 9.17) is 4.74 Å². The second-order valence-corrected chi connectivity index (χ2v) is 10.2.